The number of carbonyl (C=O) groups is 2. The summed E-state index contributed by atoms with van der Waals surface area (Å²) in [5, 5.41) is 9.49. The van der Waals surface area contributed by atoms with Gasteiger partial charge in [0.15, 0.2) is 5.41 Å². The van der Waals surface area contributed by atoms with Crippen molar-refractivity contribution < 1.29 is 19.4 Å². The lowest BCUT2D eigenvalue weighted by Crippen LogP contribution is -2.46. The van der Waals surface area contributed by atoms with Crippen LogP contribution >= 0.6 is 0 Å². The molecule has 0 aromatic rings. The molecule has 0 amide bonds. The Morgan fingerprint density at radius 3 is 2.29 bits per heavy atom. The Morgan fingerprint density at radius 1 is 1.41 bits per heavy atom. The van der Waals surface area contributed by atoms with Crippen molar-refractivity contribution in [2.24, 2.45) is 11.3 Å². The minimum absolute atomic E-state index is 0.135. The van der Waals surface area contributed by atoms with E-state index in [1.54, 1.807) is 6.92 Å². The number of aliphatic carboxylic acids is 1. The van der Waals surface area contributed by atoms with E-state index < -0.39 is 17.4 Å². The van der Waals surface area contributed by atoms with Gasteiger partial charge in [-0.1, -0.05) is 18.4 Å². The second-order valence-electron chi connectivity index (χ2n) is 4.88. The van der Waals surface area contributed by atoms with Crippen LogP contribution in [0.5, 0.6) is 0 Å². The lowest BCUT2D eigenvalue weighted by Gasteiger charge is -2.32. The number of ether oxygens (including phenoxy) is 1. The fourth-order valence-electron chi connectivity index (χ4n) is 2.80. The molecule has 1 N–H and O–H groups in total. The van der Waals surface area contributed by atoms with Gasteiger partial charge >= 0.3 is 11.9 Å². The average molecular weight is 240 g/mol. The lowest BCUT2D eigenvalue weighted by atomic mass is 9.70. The smallest absolute Gasteiger partial charge is 0.323 e. The van der Waals surface area contributed by atoms with Crippen molar-refractivity contribution in [3.63, 3.8) is 0 Å². The standard InChI is InChI=1S/C13H20O4/c1-9(2)8-13(11(14)15,12(16)17-3)10-6-4-5-7-10/h10H,1,4-8H2,2-3H3,(H,14,15). The maximum absolute atomic E-state index is 12.0. The molecule has 0 spiro atoms. The third-order valence-corrected chi connectivity index (χ3v) is 3.56. The maximum atomic E-state index is 12.0. The van der Waals surface area contributed by atoms with E-state index in [1.807, 2.05) is 0 Å². The molecule has 0 aromatic heterocycles. The summed E-state index contributed by atoms with van der Waals surface area (Å²) in [6.07, 6.45) is 3.67. The van der Waals surface area contributed by atoms with Crippen LogP contribution in [0.15, 0.2) is 12.2 Å². The molecule has 17 heavy (non-hydrogen) atoms. The van der Waals surface area contributed by atoms with Crippen LogP contribution in [0.2, 0.25) is 0 Å². The third-order valence-electron chi connectivity index (χ3n) is 3.56. The highest BCUT2D eigenvalue weighted by Crippen LogP contribution is 2.45. The van der Waals surface area contributed by atoms with Gasteiger partial charge in [-0.3, -0.25) is 9.59 Å². The first-order valence-electron chi connectivity index (χ1n) is 5.91. The Balaban J connectivity index is 3.13. The molecule has 1 saturated carbocycles. The van der Waals surface area contributed by atoms with E-state index in [1.165, 1.54) is 7.11 Å². The molecule has 1 unspecified atom stereocenters. The van der Waals surface area contributed by atoms with Gasteiger partial charge in [-0.25, -0.2) is 0 Å². The summed E-state index contributed by atoms with van der Waals surface area (Å²) < 4.78 is 4.73. The van der Waals surface area contributed by atoms with Gasteiger partial charge in [0.05, 0.1) is 7.11 Å². The molecule has 1 aliphatic carbocycles. The second-order valence-corrected chi connectivity index (χ2v) is 4.88. The summed E-state index contributed by atoms with van der Waals surface area (Å²) in [7, 11) is 1.24. The van der Waals surface area contributed by atoms with Gasteiger partial charge in [0.2, 0.25) is 0 Å². The van der Waals surface area contributed by atoms with Crippen molar-refractivity contribution in [2.75, 3.05) is 7.11 Å². The van der Waals surface area contributed by atoms with Crippen molar-refractivity contribution in [3.8, 4) is 0 Å². The molecule has 0 bridgehead atoms. The summed E-state index contributed by atoms with van der Waals surface area (Å²) in [6.45, 7) is 5.48. The monoisotopic (exact) mass is 240 g/mol. The van der Waals surface area contributed by atoms with E-state index in [0.29, 0.717) is 5.57 Å². The molecule has 1 atom stereocenters. The lowest BCUT2D eigenvalue weighted by molar-refractivity contribution is -0.171. The number of carbonyl (C=O) groups excluding carboxylic acids is 1. The maximum Gasteiger partial charge on any atom is 0.323 e. The Bertz CT molecular complexity index is 328. The van der Waals surface area contributed by atoms with Crippen LogP contribution in [-0.2, 0) is 14.3 Å². The van der Waals surface area contributed by atoms with Gasteiger partial charge in [0, 0.05) is 0 Å². The number of carboxylic acid groups (broad SMARTS) is 1. The number of rotatable bonds is 5. The fraction of sp³-hybridized carbons (Fsp3) is 0.692. The Kier molecular flexibility index (Phi) is 4.32. The van der Waals surface area contributed by atoms with Crippen LogP contribution in [0.3, 0.4) is 0 Å². The van der Waals surface area contributed by atoms with Crippen LogP contribution in [-0.4, -0.2) is 24.2 Å². The topological polar surface area (TPSA) is 63.6 Å². The van der Waals surface area contributed by atoms with Gasteiger partial charge in [-0.2, -0.15) is 0 Å². The number of hydrogen-bond acceptors (Lipinski definition) is 3. The van der Waals surface area contributed by atoms with E-state index in [0.717, 1.165) is 25.7 Å². The first kappa shape index (κ1) is 13.7. The normalized spacial score (nSPS) is 19.6. The van der Waals surface area contributed by atoms with Gasteiger partial charge in [0.25, 0.3) is 0 Å². The number of allylic oxidation sites excluding steroid dienone is 1. The van der Waals surface area contributed by atoms with Gasteiger partial charge in [-0.05, 0) is 32.1 Å². The van der Waals surface area contributed by atoms with E-state index in [4.69, 9.17) is 4.74 Å². The number of esters is 1. The number of hydrogen-bond donors (Lipinski definition) is 1. The highest BCUT2D eigenvalue weighted by molar-refractivity contribution is 5.99. The van der Waals surface area contributed by atoms with E-state index in [9.17, 15) is 14.7 Å². The molecule has 0 aliphatic heterocycles. The molecule has 0 saturated heterocycles. The van der Waals surface area contributed by atoms with E-state index >= 15 is 0 Å². The average Bonchev–Trinajstić information content (AvgIpc) is 2.77. The highest BCUT2D eigenvalue weighted by Gasteiger charge is 2.53. The Labute approximate surface area is 102 Å². The van der Waals surface area contributed by atoms with Crippen LogP contribution < -0.4 is 0 Å². The summed E-state index contributed by atoms with van der Waals surface area (Å²) in [5.41, 5.74) is -0.735. The first-order valence-corrected chi connectivity index (χ1v) is 5.91. The quantitative estimate of drug-likeness (QED) is 0.455. The largest absolute Gasteiger partial charge is 0.480 e. The minimum atomic E-state index is -1.43. The molecule has 1 rings (SSSR count). The zero-order valence-corrected chi connectivity index (χ0v) is 10.5. The minimum Gasteiger partial charge on any atom is -0.480 e. The van der Waals surface area contributed by atoms with Crippen molar-refractivity contribution in [3.05, 3.63) is 12.2 Å². The number of methoxy groups -OCH3 is 1. The summed E-state index contributed by atoms with van der Waals surface area (Å²) in [4.78, 5) is 23.6. The van der Waals surface area contributed by atoms with E-state index in [2.05, 4.69) is 6.58 Å². The zero-order chi connectivity index (χ0) is 13.1. The fourth-order valence-corrected chi connectivity index (χ4v) is 2.80. The Morgan fingerprint density at radius 2 is 1.94 bits per heavy atom. The number of carboxylic acids is 1. The Hall–Kier alpha value is -1.32. The predicted molar refractivity (Wildman–Crippen MR) is 63.5 cm³/mol. The molecule has 4 heteroatoms. The highest BCUT2D eigenvalue weighted by atomic mass is 16.5. The van der Waals surface area contributed by atoms with Crippen molar-refractivity contribution in [1.82, 2.24) is 0 Å². The van der Waals surface area contributed by atoms with Crippen LogP contribution in [0.1, 0.15) is 39.0 Å². The molecule has 0 heterocycles. The van der Waals surface area contributed by atoms with Crippen LogP contribution in [0, 0.1) is 11.3 Å². The third kappa shape index (κ3) is 2.51. The summed E-state index contributed by atoms with van der Waals surface area (Å²) >= 11 is 0. The SMILES string of the molecule is C=C(C)CC(C(=O)O)(C(=O)OC)C1CCCC1. The van der Waals surface area contributed by atoms with Gasteiger partial charge in [-0.15, -0.1) is 6.58 Å². The molecule has 4 nitrogen and oxygen atoms in total. The molecule has 96 valence electrons. The first-order chi connectivity index (χ1) is 7.95. The van der Waals surface area contributed by atoms with Crippen LogP contribution in [0.4, 0.5) is 0 Å². The van der Waals surface area contributed by atoms with E-state index in [-0.39, 0.29) is 12.3 Å². The van der Waals surface area contributed by atoms with Crippen molar-refractivity contribution in [1.29, 1.82) is 0 Å². The van der Waals surface area contributed by atoms with Crippen LogP contribution in [0.25, 0.3) is 0 Å². The molecule has 1 fully saturated rings. The van der Waals surface area contributed by atoms with Gasteiger partial charge < -0.3 is 9.84 Å². The molecule has 0 aromatic carbocycles. The van der Waals surface area contributed by atoms with Crippen molar-refractivity contribution in [2.45, 2.75) is 39.0 Å². The summed E-state index contributed by atoms with van der Waals surface area (Å²) in [6, 6.07) is 0. The predicted octanol–water partition coefficient (Wildman–Crippen LogP) is 2.39. The zero-order valence-electron chi connectivity index (χ0n) is 10.5. The van der Waals surface area contributed by atoms with Crippen molar-refractivity contribution >= 4 is 11.9 Å². The summed E-state index contributed by atoms with van der Waals surface area (Å²) in [5.74, 6) is -1.86. The molecular weight excluding hydrogens is 220 g/mol. The second kappa shape index (κ2) is 5.34. The molecule has 1 aliphatic rings. The molecular formula is C13H20O4. The molecule has 0 radical (unpaired) electrons. The van der Waals surface area contributed by atoms with Gasteiger partial charge in [0.1, 0.15) is 0 Å².